The Balaban J connectivity index is 3.05. The van der Waals surface area contributed by atoms with Gasteiger partial charge in [-0.25, -0.2) is 0 Å². The quantitative estimate of drug-likeness (QED) is 0.467. The zero-order valence-electron chi connectivity index (χ0n) is 8.76. The van der Waals surface area contributed by atoms with Gasteiger partial charge in [0, 0.05) is 19.7 Å². The van der Waals surface area contributed by atoms with E-state index in [-0.39, 0.29) is 0 Å². The molecule has 3 nitrogen and oxygen atoms in total. The van der Waals surface area contributed by atoms with E-state index in [2.05, 4.69) is 12.2 Å². The van der Waals surface area contributed by atoms with Crippen molar-refractivity contribution in [3.05, 3.63) is 0 Å². The molecule has 0 bridgehead atoms. The van der Waals surface area contributed by atoms with Gasteiger partial charge in [0.1, 0.15) is 0 Å². The molecule has 0 spiro atoms. The van der Waals surface area contributed by atoms with Crippen molar-refractivity contribution in [1.82, 2.24) is 5.32 Å². The lowest BCUT2D eigenvalue weighted by molar-refractivity contribution is 0.212. The predicted molar refractivity (Wildman–Crippen MR) is 56.6 cm³/mol. The number of unbranched alkanes of at least 4 members (excludes halogenated alkanes) is 1. The van der Waals surface area contributed by atoms with E-state index in [9.17, 15) is 0 Å². The Morgan fingerprint density at radius 1 is 1.31 bits per heavy atom. The Morgan fingerprint density at radius 3 is 2.62 bits per heavy atom. The maximum Gasteiger partial charge on any atom is 0.0459 e. The first-order valence-corrected chi connectivity index (χ1v) is 5.36. The first-order valence-electron chi connectivity index (χ1n) is 5.36. The minimum absolute atomic E-state index is 0.340. The Kier molecular flexibility index (Phi) is 9.87. The SMILES string of the molecule is CC[C@H](CO)CCCCNCCN. The van der Waals surface area contributed by atoms with Crippen LogP contribution in [-0.2, 0) is 0 Å². The second kappa shape index (κ2) is 9.96. The van der Waals surface area contributed by atoms with Crippen LogP contribution in [0.1, 0.15) is 32.6 Å². The maximum atomic E-state index is 8.93. The molecule has 0 fully saturated rings. The van der Waals surface area contributed by atoms with Crippen LogP contribution in [0.4, 0.5) is 0 Å². The van der Waals surface area contributed by atoms with Gasteiger partial charge in [-0.15, -0.1) is 0 Å². The van der Waals surface area contributed by atoms with Crippen LogP contribution in [0.15, 0.2) is 0 Å². The van der Waals surface area contributed by atoms with Crippen LogP contribution in [0.5, 0.6) is 0 Å². The molecule has 0 amide bonds. The van der Waals surface area contributed by atoms with Crippen molar-refractivity contribution in [2.24, 2.45) is 11.7 Å². The zero-order valence-corrected chi connectivity index (χ0v) is 8.76. The number of nitrogens with two attached hydrogens (primary N) is 1. The molecular formula is C10H24N2O. The molecule has 0 aromatic carbocycles. The Morgan fingerprint density at radius 2 is 2.08 bits per heavy atom. The first kappa shape index (κ1) is 12.9. The van der Waals surface area contributed by atoms with Crippen LogP contribution < -0.4 is 11.1 Å². The average Bonchev–Trinajstić information content (AvgIpc) is 2.17. The minimum Gasteiger partial charge on any atom is -0.396 e. The van der Waals surface area contributed by atoms with Crippen molar-refractivity contribution < 1.29 is 5.11 Å². The van der Waals surface area contributed by atoms with Gasteiger partial charge in [0.25, 0.3) is 0 Å². The first-order chi connectivity index (χ1) is 6.35. The number of hydrogen-bond acceptors (Lipinski definition) is 3. The molecule has 0 radical (unpaired) electrons. The molecule has 3 heteroatoms. The highest BCUT2D eigenvalue weighted by Crippen LogP contribution is 2.10. The average molecular weight is 188 g/mol. The van der Waals surface area contributed by atoms with E-state index in [4.69, 9.17) is 10.8 Å². The number of nitrogens with one attached hydrogen (secondary N) is 1. The molecule has 0 aliphatic carbocycles. The summed E-state index contributed by atoms with van der Waals surface area (Å²) >= 11 is 0. The van der Waals surface area contributed by atoms with Crippen molar-refractivity contribution in [2.45, 2.75) is 32.6 Å². The van der Waals surface area contributed by atoms with E-state index < -0.39 is 0 Å². The molecule has 0 aromatic heterocycles. The molecule has 0 aromatic rings. The number of rotatable bonds is 9. The fourth-order valence-corrected chi connectivity index (χ4v) is 1.33. The lowest BCUT2D eigenvalue weighted by Gasteiger charge is -2.10. The molecule has 4 N–H and O–H groups in total. The zero-order chi connectivity index (χ0) is 9.94. The van der Waals surface area contributed by atoms with Gasteiger partial charge in [0.15, 0.2) is 0 Å². The van der Waals surface area contributed by atoms with Gasteiger partial charge < -0.3 is 16.2 Å². The second-order valence-electron chi connectivity index (χ2n) is 3.49. The van der Waals surface area contributed by atoms with Gasteiger partial charge in [-0.2, -0.15) is 0 Å². The predicted octanol–water partition coefficient (Wildman–Crippen LogP) is 0.724. The smallest absolute Gasteiger partial charge is 0.0459 e. The fourth-order valence-electron chi connectivity index (χ4n) is 1.33. The topological polar surface area (TPSA) is 58.3 Å². The second-order valence-corrected chi connectivity index (χ2v) is 3.49. The van der Waals surface area contributed by atoms with Gasteiger partial charge in [0.05, 0.1) is 0 Å². The van der Waals surface area contributed by atoms with Gasteiger partial charge in [-0.1, -0.05) is 19.8 Å². The molecular weight excluding hydrogens is 164 g/mol. The Labute approximate surface area is 81.7 Å². The lowest BCUT2D eigenvalue weighted by Crippen LogP contribution is -2.23. The maximum absolute atomic E-state index is 8.93. The number of hydrogen-bond donors (Lipinski definition) is 3. The van der Waals surface area contributed by atoms with E-state index in [1.165, 1.54) is 12.8 Å². The van der Waals surface area contributed by atoms with Crippen molar-refractivity contribution >= 4 is 0 Å². The summed E-state index contributed by atoms with van der Waals surface area (Å²) in [6.45, 7) is 5.16. The van der Waals surface area contributed by atoms with E-state index >= 15 is 0 Å². The summed E-state index contributed by atoms with van der Waals surface area (Å²) in [7, 11) is 0. The van der Waals surface area contributed by atoms with Gasteiger partial charge in [0.2, 0.25) is 0 Å². The number of aliphatic hydroxyl groups excluding tert-OH is 1. The molecule has 0 rings (SSSR count). The third-order valence-corrected chi connectivity index (χ3v) is 2.37. The highest BCUT2D eigenvalue weighted by atomic mass is 16.3. The van der Waals surface area contributed by atoms with Crippen LogP contribution in [-0.4, -0.2) is 31.3 Å². The summed E-state index contributed by atoms with van der Waals surface area (Å²) < 4.78 is 0. The van der Waals surface area contributed by atoms with Crippen molar-refractivity contribution in [3.63, 3.8) is 0 Å². The molecule has 0 unspecified atom stereocenters. The van der Waals surface area contributed by atoms with Crippen molar-refractivity contribution in [2.75, 3.05) is 26.2 Å². The van der Waals surface area contributed by atoms with Crippen molar-refractivity contribution in [3.8, 4) is 0 Å². The molecule has 0 heterocycles. The summed E-state index contributed by atoms with van der Waals surface area (Å²) in [5.41, 5.74) is 5.34. The standard InChI is InChI=1S/C10H24N2O/c1-2-10(9-13)5-3-4-7-12-8-6-11/h10,12-13H,2-9,11H2,1H3/t10-/m0/s1. The van der Waals surface area contributed by atoms with Crippen molar-refractivity contribution in [1.29, 1.82) is 0 Å². The normalized spacial score (nSPS) is 13.2. The summed E-state index contributed by atoms with van der Waals surface area (Å²) in [4.78, 5) is 0. The van der Waals surface area contributed by atoms with Crippen LogP contribution in [0, 0.1) is 5.92 Å². The molecule has 13 heavy (non-hydrogen) atoms. The lowest BCUT2D eigenvalue weighted by atomic mass is 10.0. The van der Waals surface area contributed by atoms with Gasteiger partial charge in [-0.05, 0) is 25.3 Å². The molecule has 0 saturated carbocycles. The summed E-state index contributed by atoms with van der Waals surface area (Å²) in [6.07, 6.45) is 4.64. The molecule has 1 atom stereocenters. The van der Waals surface area contributed by atoms with Crippen LogP contribution in [0.2, 0.25) is 0 Å². The highest BCUT2D eigenvalue weighted by molar-refractivity contribution is 4.56. The van der Waals surface area contributed by atoms with E-state index in [1.807, 2.05) is 0 Å². The minimum atomic E-state index is 0.340. The monoisotopic (exact) mass is 188 g/mol. The molecule has 0 aliphatic heterocycles. The Hall–Kier alpha value is -0.120. The molecule has 80 valence electrons. The van der Waals surface area contributed by atoms with Gasteiger partial charge >= 0.3 is 0 Å². The van der Waals surface area contributed by atoms with E-state index in [0.29, 0.717) is 19.1 Å². The van der Waals surface area contributed by atoms with E-state index in [1.54, 1.807) is 0 Å². The summed E-state index contributed by atoms with van der Waals surface area (Å²) in [5.74, 6) is 0.509. The number of aliphatic hydroxyl groups is 1. The summed E-state index contributed by atoms with van der Waals surface area (Å²) in [6, 6.07) is 0. The van der Waals surface area contributed by atoms with E-state index in [0.717, 1.165) is 25.9 Å². The highest BCUT2D eigenvalue weighted by Gasteiger charge is 2.02. The van der Waals surface area contributed by atoms with Gasteiger partial charge in [-0.3, -0.25) is 0 Å². The van der Waals surface area contributed by atoms with Crippen LogP contribution in [0.25, 0.3) is 0 Å². The third-order valence-electron chi connectivity index (χ3n) is 2.37. The Bertz CT molecular complexity index is 94.9. The largest absolute Gasteiger partial charge is 0.396 e. The third kappa shape index (κ3) is 8.22. The fraction of sp³-hybridized carbons (Fsp3) is 1.00. The van der Waals surface area contributed by atoms with Crippen LogP contribution in [0.3, 0.4) is 0 Å². The van der Waals surface area contributed by atoms with Crippen LogP contribution >= 0.6 is 0 Å². The molecule has 0 saturated heterocycles. The molecule has 0 aliphatic rings. The summed E-state index contributed by atoms with van der Waals surface area (Å²) in [5, 5.41) is 12.2.